The summed E-state index contributed by atoms with van der Waals surface area (Å²) in [6.45, 7) is 4.24. The largest absolute Gasteiger partial charge is 0.478 e. The van der Waals surface area contributed by atoms with Gasteiger partial charge in [0, 0.05) is 0 Å². The molecule has 3 aromatic rings. The van der Waals surface area contributed by atoms with Crippen LogP contribution in [0, 0.1) is 13.8 Å². The standard InChI is InChI=1S/C12H8O4.C8H10/c13-11(14)9-3-1-7-5-10(12(15)16)4-2-8(7)6-9;1-7-5-3-4-6-8(7)2/h1-6H,(H,13,14)(H,15,16);3-6H,1-2H3. The van der Waals surface area contributed by atoms with E-state index in [9.17, 15) is 9.59 Å². The Kier molecular flexibility index (Phi) is 5.32. The van der Waals surface area contributed by atoms with Crippen LogP contribution in [0.4, 0.5) is 0 Å². The fourth-order valence-electron chi connectivity index (χ4n) is 2.17. The number of carbonyl (C=O) groups is 2. The molecule has 122 valence electrons. The van der Waals surface area contributed by atoms with Crippen molar-refractivity contribution in [3.63, 3.8) is 0 Å². The lowest BCUT2D eigenvalue weighted by Gasteiger charge is -2.01. The van der Waals surface area contributed by atoms with E-state index >= 15 is 0 Å². The van der Waals surface area contributed by atoms with Crippen LogP contribution in [0.25, 0.3) is 10.8 Å². The molecule has 0 aliphatic carbocycles. The molecule has 0 aliphatic rings. The maximum atomic E-state index is 10.7. The predicted octanol–water partition coefficient (Wildman–Crippen LogP) is 4.54. The van der Waals surface area contributed by atoms with Gasteiger partial charge in [-0.1, -0.05) is 36.4 Å². The van der Waals surface area contributed by atoms with Gasteiger partial charge >= 0.3 is 11.9 Å². The molecule has 2 N–H and O–H groups in total. The molecule has 0 fully saturated rings. The molecule has 0 atom stereocenters. The van der Waals surface area contributed by atoms with Gasteiger partial charge < -0.3 is 10.2 Å². The zero-order valence-electron chi connectivity index (χ0n) is 13.5. The maximum absolute atomic E-state index is 10.7. The number of benzene rings is 3. The summed E-state index contributed by atoms with van der Waals surface area (Å²) in [5.74, 6) is -1.99. The summed E-state index contributed by atoms with van der Waals surface area (Å²) in [4.78, 5) is 21.5. The van der Waals surface area contributed by atoms with Gasteiger partial charge in [0.25, 0.3) is 0 Å². The van der Waals surface area contributed by atoms with Crippen molar-refractivity contribution >= 4 is 22.7 Å². The molecular weight excluding hydrogens is 304 g/mol. The molecular formula is C20H18O4. The van der Waals surface area contributed by atoms with Gasteiger partial charge in [-0.15, -0.1) is 0 Å². The number of aromatic carboxylic acids is 2. The minimum Gasteiger partial charge on any atom is -0.478 e. The second kappa shape index (κ2) is 7.42. The van der Waals surface area contributed by atoms with Crippen molar-refractivity contribution in [2.75, 3.05) is 0 Å². The monoisotopic (exact) mass is 322 g/mol. The second-order valence-electron chi connectivity index (χ2n) is 5.47. The minimum atomic E-state index is -0.996. The fourth-order valence-corrected chi connectivity index (χ4v) is 2.17. The van der Waals surface area contributed by atoms with Gasteiger partial charge in [-0.25, -0.2) is 9.59 Å². The molecule has 0 heterocycles. The first-order chi connectivity index (χ1) is 11.4. The van der Waals surface area contributed by atoms with E-state index < -0.39 is 11.9 Å². The smallest absolute Gasteiger partial charge is 0.335 e. The van der Waals surface area contributed by atoms with Crippen LogP contribution in [0.5, 0.6) is 0 Å². The highest BCUT2D eigenvalue weighted by Gasteiger charge is 2.06. The van der Waals surface area contributed by atoms with E-state index in [1.54, 1.807) is 12.1 Å². The lowest BCUT2D eigenvalue weighted by atomic mass is 10.0. The van der Waals surface area contributed by atoms with Gasteiger partial charge in [0.15, 0.2) is 0 Å². The Bertz CT molecular complexity index is 823. The fraction of sp³-hybridized carbons (Fsp3) is 0.100. The highest BCUT2D eigenvalue weighted by molar-refractivity contribution is 5.97. The number of fused-ring (bicyclic) bond motifs is 1. The number of carboxylic acids is 2. The van der Waals surface area contributed by atoms with Gasteiger partial charge in [0.1, 0.15) is 0 Å². The summed E-state index contributed by atoms with van der Waals surface area (Å²) >= 11 is 0. The summed E-state index contributed by atoms with van der Waals surface area (Å²) in [6, 6.07) is 17.5. The van der Waals surface area contributed by atoms with Gasteiger partial charge in [-0.3, -0.25) is 0 Å². The quantitative estimate of drug-likeness (QED) is 0.726. The van der Waals surface area contributed by atoms with Crippen LogP contribution in [0.2, 0.25) is 0 Å². The van der Waals surface area contributed by atoms with Crippen molar-refractivity contribution in [2.24, 2.45) is 0 Å². The van der Waals surface area contributed by atoms with Crippen LogP contribution >= 0.6 is 0 Å². The van der Waals surface area contributed by atoms with Gasteiger partial charge in [-0.05, 0) is 60.0 Å². The molecule has 0 saturated heterocycles. The van der Waals surface area contributed by atoms with Gasteiger partial charge in [0.05, 0.1) is 11.1 Å². The number of hydrogen-bond donors (Lipinski definition) is 2. The Morgan fingerprint density at radius 3 is 1.33 bits per heavy atom. The third kappa shape index (κ3) is 4.20. The van der Waals surface area contributed by atoms with E-state index in [1.807, 2.05) is 0 Å². The van der Waals surface area contributed by atoms with Gasteiger partial charge in [0.2, 0.25) is 0 Å². The van der Waals surface area contributed by atoms with Crippen LogP contribution in [0.15, 0.2) is 60.7 Å². The lowest BCUT2D eigenvalue weighted by molar-refractivity contribution is 0.0686. The molecule has 4 nitrogen and oxygen atoms in total. The normalized spacial score (nSPS) is 9.92. The van der Waals surface area contributed by atoms with E-state index in [-0.39, 0.29) is 11.1 Å². The number of rotatable bonds is 2. The molecule has 3 aromatic carbocycles. The zero-order chi connectivity index (χ0) is 17.7. The van der Waals surface area contributed by atoms with Crippen LogP contribution in [0.3, 0.4) is 0 Å². The van der Waals surface area contributed by atoms with E-state index in [0.717, 1.165) is 0 Å². The SMILES string of the molecule is Cc1ccccc1C.O=C(O)c1ccc2cc(C(=O)O)ccc2c1. The van der Waals surface area contributed by atoms with Crippen molar-refractivity contribution in [1.29, 1.82) is 0 Å². The van der Waals surface area contributed by atoms with E-state index in [0.29, 0.717) is 10.8 Å². The van der Waals surface area contributed by atoms with Crippen molar-refractivity contribution < 1.29 is 19.8 Å². The molecule has 24 heavy (non-hydrogen) atoms. The second-order valence-corrected chi connectivity index (χ2v) is 5.47. The third-order valence-electron chi connectivity index (χ3n) is 3.76. The van der Waals surface area contributed by atoms with Crippen LogP contribution in [0.1, 0.15) is 31.8 Å². The third-order valence-corrected chi connectivity index (χ3v) is 3.76. The highest BCUT2D eigenvalue weighted by Crippen LogP contribution is 2.18. The Morgan fingerprint density at radius 1 is 0.667 bits per heavy atom. The molecule has 0 bridgehead atoms. The van der Waals surface area contributed by atoms with E-state index in [2.05, 4.69) is 38.1 Å². The summed E-state index contributed by atoms with van der Waals surface area (Å²) in [7, 11) is 0. The topological polar surface area (TPSA) is 74.6 Å². The highest BCUT2D eigenvalue weighted by atomic mass is 16.4. The number of hydrogen-bond acceptors (Lipinski definition) is 2. The Hall–Kier alpha value is -3.14. The number of carboxylic acid groups (broad SMARTS) is 2. The average molecular weight is 322 g/mol. The van der Waals surface area contributed by atoms with Gasteiger partial charge in [-0.2, -0.15) is 0 Å². The summed E-state index contributed by atoms with van der Waals surface area (Å²) in [5.41, 5.74) is 3.12. The maximum Gasteiger partial charge on any atom is 0.335 e. The molecule has 0 spiro atoms. The van der Waals surface area contributed by atoms with Crippen LogP contribution < -0.4 is 0 Å². The molecule has 0 unspecified atom stereocenters. The van der Waals surface area contributed by atoms with Crippen molar-refractivity contribution in [1.82, 2.24) is 0 Å². The first-order valence-electron chi connectivity index (χ1n) is 7.41. The Labute approximate surface area is 140 Å². The number of aryl methyl sites for hydroxylation is 2. The molecule has 0 radical (unpaired) electrons. The lowest BCUT2D eigenvalue weighted by Crippen LogP contribution is -1.97. The average Bonchev–Trinajstić information content (AvgIpc) is 2.57. The molecule has 4 heteroatoms. The van der Waals surface area contributed by atoms with Crippen LogP contribution in [-0.4, -0.2) is 22.2 Å². The van der Waals surface area contributed by atoms with Crippen LogP contribution in [-0.2, 0) is 0 Å². The first kappa shape index (κ1) is 17.2. The van der Waals surface area contributed by atoms with Crippen molar-refractivity contribution in [2.45, 2.75) is 13.8 Å². The summed E-state index contributed by atoms with van der Waals surface area (Å²) < 4.78 is 0. The van der Waals surface area contributed by atoms with E-state index in [4.69, 9.17) is 10.2 Å². The predicted molar refractivity (Wildman–Crippen MR) is 93.8 cm³/mol. The minimum absolute atomic E-state index is 0.190. The molecule has 3 rings (SSSR count). The Morgan fingerprint density at radius 2 is 1.04 bits per heavy atom. The molecule has 0 aromatic heterocycles. The van der Waals surface area contributed by atoms with Crippen molar-refractivity contribution in [3.8, 4) is 0 Å². The van der Waals surface area contributed by atoms with Crippen molar-refractivity contribution in [3.05, 3.63) is 82.9 Å². The summed E-state index contributed by atoms with van der Waals surface area (Å²) in [5, 5.41) is 19.0. The van der Waals surface area contributed by atoms with E-state index in [1.165, 1.54) is 35.4 Å². The Balaban J connectivity index is 0.000000219. The summed E-state index contributed by atoms with van der Waals surface area (Å²) in [6.07, 6.45) is 0. The molecule has 0 saturated carbocycles. The zero-order valence-corrected chi connectivity index (χ0v) is 13.5. The molecule has 0 amide bonds. The molecule has 0 aliphatic heterocycles. The first-order valence-corrected chi connectivity index (χ1v) is 7.41.